The number of aromatic nitrogens is 4. The summed E-state index contributed by atoms with van der Waals surface area (Å²) in [6.45, 7) is 0. The van der Waals surface area contributed by atoms with Gasteiger partial charge < -0.3 is 4.74 Å². The zero-order valence-corrected chi connectivity index (χ0v) is 23.0. The molecule has 2 aromatic heterocycles. The van der Waals surface area contributed by atoms with Crippen LogP contribution in [0.25, 0.3) is 27.0 Å². The van der Waals surface area contributed by atoms with E-state index in [1.807, 2.05) is 0 Å². The molecule has 0 aliphatic carbocycles. The third kappa shape index (κ3) is 5.73. The van der Waals surface area contributed by atoms with E-state index in [1.165, 1.54) is 42.1 Å². The largest absolute Gasteiger partial charge is 0.450 e. The van der Waals surface area contributed by atoms with E-state index in [1.54, 1.807) is 18.4 Å². The first-order chi connectivity index (χ1) is 17.4. The van der Waals surface area contributed by atoms with Crippen molar-refractivity contribution in [3.8, 4) is 27.0 Å². The van der Waals surface area contributed by atoms with Crippen LogP contribution in [0.4, 0.5) is 13.2 Å². The number of hydrogen-bond donors (Lipinski definition) is 0. The Morgan fingerprint density at radius 2 is 1.84 bits per heavy atom. The highest BCUT2D eigenvalue weighted by molar-refractivity contribution is 9.10. The second-order valence-electron chi connectivity index (χ2n) is 7.49. The number of carbonyl (C=O) groups excluding carboxylic acids is 1. The van der Waals surface area contributed by atoms with Crippen LogP contribution in [-0.4, -0.2) is 52.8 Å². The number of thioether (sulfide) groups is 1. The number of ether oxygens (including phenoxy) is 1. The van der Waals surface area contributed by atoms with Gasteiger partial charge in [-0.1, -0.05) is 35.6 Å². The molecule has 0 fully saturated rings. The zero-order valence-electron chi connectivity index (χ0n) is 19.0. The molecule has 4 rings (SSSR count). The number of sulfone groups is 1. The molecule has 194 valence electrons. The Labute approximate surface area is 225 Å². The number of carbonyl (C=O) groups is 1. The molecule has 0 spiro atoms. The van der Waals surface area contributed by atoms with Gasteiger partial charge in [-0.3, -0.25) is 0 Å². The van der Waals surface area contributed by atoms with Crippen LogP contribution in [0.3, 0.4) is 0 Å². The summed E-state index contributed by atoms with van der Waals surface area (Å²) >= 11 is 5.53. The lowest BCUT2D eigenvalue weighted by atomic mass is 10.1. The standard InChI is InChI=1S/C22H16BrF3N4O4S3/c1-35-11-34-21(31)17-16(23)18(30(29-17)15-9-4-3-8-14(15)22(24,25)26)20-28-27-19(36-20)12-6-5-7-13(10-12)37(2,32)33/h3-10H,11H2,1-2H3. The normalized spacial score (nSPS) is 12.1. The van der Waals surface area contributed by atoms with Crippen molar-refractivity contribution in [2.75, 3.05) is 18.5 Å². The van der Waals surface area contributed by atoms with E-state index in [4.69, 9.17) is 4.74 Å². The lowest BCUT2D eigenvalue weighted by Gasteiger charge is -2.14. The minimum atomic E-state index is -4.70. The average Bonchev–Trinajstić information content (AvgIpc) is 3.46. The Morgan fingerprint density at radius 3 is 2.51 bits per heavy atom. The molecule has 0 saturated carbocycles. The number of para-hydroxylation sites is 1. The van der Waals surface area contributed by atoms with Gasteiger partial charge >= 0.3 is 12.1 Å². The molecule has 8 nitrogen and oxygen atoms in total. The van der Waals surface area contributed by atoms with Gasteiger partial charge in [-0.2, -0.15) is 18.3 Å². The van der Waals surface area contributed by atoms with Crippen LogP contribution in [0, 0.1) is 0 Å². The van der Waals surface area contributed by atoms with Crippen molar-refractivity contribution in [3.05, 3.63) is 64.3 Å². The molecular formula is C22H16BrF3N4O4S3. The van der Waals surface area contributed by atoms with Crippen molar-refractivity contribution in [1.29, 1.82) is 0 Å². The third-order valence-electron chi connectivity index (χ3n) is 4.90. The van der Waals surface area contributed by atoms with Crippen molar-refractivity contribution in [1.82, 2.24) is 20.0 Å². The van der Waals surface area contributed by atoms with Crippen LogP contribution in [0.5, 0.6) is 0 Å². The summed E-state index contributed by atoms with van der Waals surface area (Å²) in [5.74, 6) is -0.817. The fourth-order valence-corrected chi connectivity index (χ4v) is 5.76. The summed E-state index contributed by atoms with van der Waals surface area (Å²) in [4.78, 5) is 12.7. The first kappa shape index (κ1) is 27.3. The smallest absolute Gasteiger partial charge is 0.418 e. The maximum Gasteiger partial charge on any atom is 0.418 e. The van der Waals surface area contributed by atoms with Crippen LogP contribution in [-0.2, 0) is 20.8 Å². The van der Waals surface area contributed by atoms with Crippen molar-refractivity contribution < 1.29 is 31.1 Å². The van der Waals surface area contributed by atoms with Crippen LogP contribution in [0.2, 0.25) is 0 Å². The zero-order chi connectivity index (χ0) is 27.0. The summed E-state index contributed by atoms with van der Waals surface area (Å²) < 4.78 is 71.6. The van der Waals surface area contributed by atoms with Gasteiger partial charge in [0.1, 0.15) is 16.6 Å². The molecule has 2 aromatic carbocycles. The van der Waals surface area contributed by atoms with E-state index in [9.17, 15) is 26.4 Å². The van der Waals surface area contributed by atoms with E-state index >= 15 is 0 Å². The molecule has 0 aliphatic heterocycles. The van der Waals surface area contributed by atoms with Crippen LogP contribution < -0.4 is 0 Å². The maximum atomic E-state index is 13.8. The highest BCUT2D eigenvalue weighted by Gasteiger charge is 2.36. The molecule has 2 heterocycles. The van der Waals surface area contributed by atoms with E-state index in [2.05, 4.69) is 31.2 Å². The van der Waals surface area contributed by atoms with Crippen molar-refractivity contribution in [3.63, 3.8) is 0 Å². The molecule has 0 unspecified atom stereocenters. The molecular weight excluding hydrogens is 617 g/mol. The second-order valence-corrected chi connectivity index (χ2v) is 12.1. The summed E-state index contributed by atoms with van der Waals surface area (Å²) in [6, 6.07) is 10.8. The molecule has 0 radical (unpaired) electrons. The van der Waals surface area contributed by atoms with Gasteiger partial charge in [-0.15, -0.1) is 22.0 Å². The average molecular weight is 633 g/mol. The number of hydrogen-bond acceptors (Lipinski definition) is 9. The predicted octanol–water partition coefficient (Wildman–Crippen LogP) is 5.72. The van der Waals surface area contributed by atoms with E-state index < -0.39 is 27.5 Å². The molecule has 0 N–H and O–H groups in total. The minimum Gasteiger partial charge on any atom is -0.450 e. The molecule has 0 amide bonds. The maximum absolute atomic E-state index is 13.8. The van der Waals surface area contributed by atoms with Gasteiger partial charge in [-0.05, 0) is 46.5 Å². The lowest BCUT2D eigenvalue weighted by molar-refractivity contribution is -0.137. The first-order valence-corrected chi connectivity index (χ1v) is 15.1. The molecule has 0 atom stereocenters. The number of nitrogens with zero attached hydrogens (tertiary/aromatic N) is 4. The van der Waals surface area contributed by atoms with Crippen LogP contribution in [0.15, 0.2) is 57.9 Å². The van der Waals surface area contributed by atoms with Gasteiger partial charge in [0.25, 0.3) is 0 Å². The highest BCUT2D eigenvalue weighted by atomic mass is 79.9. The molecule has 15 heteroatoms. The number of rotatable bonds is 7. The van der Waals surface area contributed by atoms with E-state index in [0.717, 1.165) is 28.3 Å². The quantitative estimate of drug-likeness (QED) is 0.188. The molecule has 4 aromatic rings. The van der Waals surface area contributed by atoms with E-state index in [0.29, 0.717) is 10.6 Å². The first-order valence-electron chi connectivity index (χ1n) is 10.2. The Kier molecular flexibility index (Phi) is 7.78. The highest BCUT2D eigenvalue weighted by Crippen LogP contribution is 2.41. The van der Waals surface area contributed by atoms with Crippen LogP contribution in [0.1, 0.15) is 16.1 Å². The lowest BCUT2D eigenvalue weighted by Crippen LogP contribution is -2.13. The summed E-state index contributed by atoms with van der Waals surface area (Å²) in [5.41, 5.74) is -1.04. The summed E-state index contributed by atoms with van der Waals surface area (Å²) in [5, 5.41) is 12.8. The topological polar surface area (TPSA) is 104 Å². The van der Waals surface area contributed by atoms with E-state index in [-0.39, 0.29) is 37.4 Å². The fourth-order valence-electron chi connectivity index (χ4n) is 3.26. The Hall–Kier alpha value is -2.75. The number of halogens is 4. The predicted molar refractivity (Wildman–Crippen MR) is 138 cm³/mol. The SMILES string of the molecule is CSCOC(=O)c1nn(-c2ccccc2C(F)(F)F)c(-c2nnc(-c3cccc(S(C)(=O)=O)c3)s2)c1Br. The second kappa shape index (κ2) is 10.6. The number of benzene rings is 2. The number of alkyl halides is 3. The van der Waals surface area contributed by atoms with Gasteiger partial charge in [0.05, 0.1) is 20.6 Å². The summed E-state index contributed by atoms with van der Waals surface area (Å²) in [6.07, 6.45) is -1.92. The van der Waals surface area contributed by atoms with Gasteiger partial charge in [0.15, 0.2) is 20.5 Å². The molecule has 37 heavy (non-hydrogen) atoms. The van der Waals surface area contributed by atoms with Gasteiger partial charge in [0.2, 0.25) is 0 Å². The Morgan fingerprint density at radius 1 is 1.14 bits per heavy atom. The number of esters is 1. The molecule has 0 aliphatic rings. The minimum absolute atomic E-state index is 0.0201. The Balaban J connectivity index is 1.90. The van der Waals surface area contributed by atoms with Crippen molar-refractivity contribution in [2.24, 2.45) is 0 Å². The van der Waals surface area contributed by atoms with Gasteiger partial charge in [-0.25, -0.2) is 17.9 Å². The van der Waals surface area contributed by atoms with Crippen LogP contribution >= 0.6 is 39.0 Å². The fraction of sp³-hybridized carbons (Fsp3) is 0.182. The van der Waals surface area contributed by atoms with Gasteiger partial charge in [0, 0.05) is 11.8 Å². The molecule has 0 saturated heterocycles. The molecule has 0 bridgehead atoms. The third-order valence-corrected chi connectivity index (χ3v) is 8.10. The monoisotopic (exact) mass is 632 g/mol. The Bertz CT molecular complexity index is 1590. The summed E-state index contributed by atoms with van der Waals surface area (Å²) in [7, 11) is -3.49. The van der Waals surface area contributed by atoms with Crippen molar-refractivity contribution >= 4 is 54.8 Å². The van der Waals surface area contributed by atoms with Crippen molar-refractivity contribution in [2.45, 2.75) is 11.1 Å².